The lowest BCUT2D eigenvalue weighted by Gasteiger charge is -2.23. The maximum atomic E-state index is 4.83. The topological polar surface area (TPSA) is 25.8 Å². The van der Waals surface area contributed by atoms with Gasteiger partial charge in [-0.05, 0) is 143 Å². The van der Waals surface area contributed by atoms with Crippen LogP contribution in [-0.4, -0.2) is 9.97 Å². The molecule has 0 radical (unpaired) electrons. The summed E-state index contributed by atoms with van der Waals surface area (Å²) in [6.07, 6.45) is 9.56. The normalized spacial score (nSPS) is 14.0. The average Bonchev–Trinajstić information content (AvgIpc) is 3.78. The SMILES string of the molecule is Cc1cc(-c2cccc3c2sc2ccccc23)c(C)cc1-c1ccnc(-c2cc(-c3cc(C)c(C4CC=Cc5c4sc4ccccc54)cc3C)ccn2)c1. The fourth-order valence-corrected chi connectivity index (χ4v) is 11.1. The lowest BCUT2D eigenvalue weighted by Crippen LogP contribution is -2.06. The van der Waals surface area contributed by atoms with Gasteiger partial charge >= 0.3 is 0 Å². The van der Waals surface area contributed by atoms with Crippen LogP contribution in [0.25, 0.3) is 81.1 Å². The largest absolute Gasteiger partial charge is 0.255 e. The summed E-state index contributed by atoms with van der Waals surface area (Å²) in [5.41, 5.74) is 17.1. The predicted molar refractivity (Wildman–Crippen MR) is 233 cm³/mol. The summed E-state index contributed by atoms with van der Waals surface area (Å²) in [4.78, 5) is 11.1. The van der Waals surface area contributed by atoms with Gasteiger partial charge in [0.2, 0.25) is 0 Å². The van der Waals surface area contributed by atoms with Gasteiger partial charge < -0.3 is 0 Å². The maximum Gasteiger partial charge on any atom is 0.0892 e. The lowest BCUT2D eigenvalue weighted by atomic mass is 9.83. The third kappa shape index (κ3) is 5.43. The number of thiophene rings is 2. The smallest absolute Gasteiger partial charge is 0.0892 e. The van der Waals surface area contributed by atoms with Crippen LogP contribution in [0.5, 0.6) is 0 Å². The molecule has 54 heavy (non-hydrogen) atoms. The molecule has 0 saturated heterocycles. The lowest BCUT2D eigenvalue weighted by molar-refractivity contribution is 0.830. The average molecular weight is 731 g/mol. The Balaban J connectivity index is 0.976. The second-order valence-corrected chi connectivity index (χ2v) is 16.8. The van der Waals surface area contributed by atoms with Gasteiger partial charge in [-0.2, -0.15) is 0 Å². The Hall–Kier alpha value is -5.68. The van der Waals surface area contributed by atoms with E-state index >= 15 is 0 Å². The van der Waals surface area contributed by atoms with E-state index in [0.717, 1.165) is 28.9 Å². The van der Waals surface area contributed by atoms with Gasteiger partial charge in [-0.25, -0.2) is 0 Å². The summed E-state index contributed by atoms with van der Waals surface area (Å²) in [7, 11) is 0. The number of allylic oxidation sites excluding steroid dienone is 1. The number of fused-ring (bicyclic) bond motifs is 6. The first-order valence-corrected chi connectivity index (χ1v) is 20.3. The minimum atomic E-state index is 0.376. The zero-order valence-corrected chi connectivity index (χ0v) is 32.4. The van der Waals surface area contributed by atoms with E-state index < -0.39 is 0 Å². The molecule has 9 aromatic rings. The molecule has 0 fully saturated rings. The molecule has 1 unspecified atom stereocenters. The molecule has 1 atom stereocenters. The molecule has 5 aromatic carbocycles. The summed E-state index contributed by atoms with van der Waals surface area (Å²) < 4.78 is 4.05. The van der Waals surface area contributed by atoms with E-state index in [1.54, 1.807) is 0 Å². The van der Waals surface area contributed by atoms with E-state index in [-0.39, 0.29) is 0 Å². The number of nitrogens with zero attached hydrogens (tertiary/aromatic N) is 2. The first kappa shape index (κ1) is 32.9. The number of aryl methyl sites for hydroxylation is 4. The Labute approximate surface area is 324 Å². The van der Waals surface area contributed by atoms with Gasteiger partial charge in [0.15, 0.2) is 0 Å². The molecule has 0 bridgehead atoms. The van der Waals surface area contributed by atoms with E-state index in [0.29, 0.717) is 5.92 Å². The van der Waals surface area contributed by atoms with Crippen LogP contribution in [-0.2, 0) is 0 Å². The molecule has 0 saturated carbocycles. The molecule has 4 heterocycles. The molecule has 0 N–H and O–H groups in total. The van der Waals surface area contributed by atoms with Crippen LogP contribution in [0, 0.1) is 27.7 Å². The van der Waals surface area contributed by atoms with Crippen molar-refractivity contribution in [2.45, 2.75) is 40.0 Å². The third-order valence-electron chi connectivity index (χ3n) is 11.3. The number of rotatable bonds is 5. The molecule has 2 nitrogen and oxygen atoms in total. The van der Waals surface area contributed by atoms with Crippen LogP contribution < -0.4 is 0 Å². The van der Waals surface area contributed by atoms with Gasteiger partial charge in [-0.1, -0.05) is 91.0 Å². The van der Waals surface area contributed by atoms with Crippen molar-refractivity contribution in [3.05, 3.63) is 172 Å². The predicted octanol–water partition coefficient (Wildman–Crippen LogP) is 14.5. The van der Waals surface area contributed by atoms with Crippen molar-refractivity contribution < 1.29 is 0 Å². The minimum Gasteiger partial charge on any atom is -0.255 e. The number of hydrogen-bond acceptors (Lipinski definition) is 4. The highest BCUT2D eigenvalue weighted by Crippen LogP contribution is 2.46. The zero-order chi connectivity index (χ0) is 36.5. The van der Waals surface area contributed by atoms with E-state index in [1.165, 1.54) is 90.8 Å². The van der Waals surface area contributed by atoms with Crippen molar-refractivity contribution >= 4 is 59.0 Å². The van der Waals surface area contributed by atoms with Gasteiger partial charge in [0, 0.05) is 48.1 Å². The van der Waals surface area contributed by atoms with Crippen molar-refractivity contribution in [3.8, 4) is 44.8 Å². The highest BCUT2D eigenvalue weighted by molar-refractivity contribution is 7.26. The van der Waals surface area contributed by atoms with Crippen molar-refractivity contribution in [2.24, 2.45) is 0 Å². The Morgan fingerprint density at radius 2 is 1.11 bits per heavy atom. The third-order valence-corrected chi connectivity index (χ3v) is 13.8. The Morgan fingerprint density at radius 1 is 0.519 bits per heavy atom. The van der Waals surface area contributed by atoms with E-state index in [4.69, 9.17) is 9.97 Å². The van der Waals surface area contributed by atoms with Crippen molar-refractivity contribution in [3.63, 3.8) is 0 Å². The molecule has 1 aliphatic rings. The first-order chi connectivity index (χ1) is 26.4. The summed E-state index contributed by atoms with van der Waals surface area (Å²) in [5, 5.41) is 4.03. The number of benzene rings is 5. The quantitative estimate of drug-likeness (QED) is 0.176. The standard InChI is InChI=1S/C50H38N2S2/c1-29-25-43(39-15-9-13-37-35-11-5-7-17-47(35)53-49(37)39)31(3)23-41(29)33-19-21-51-45(27-33)46-28-34(20-22-52-46)42-24-32(4)44(26-30(42)2)40-16-10-14-38-36-12-6-8-18-48(36)54-50(38)40/h5-15,17-28,40H,16H2,1-4H3. The van der Waals surface area contributed by atoms with Gasteiger partial charge in [0.25, 0.3) is 0 Å². The second kappa shape index (κ2) is 13.0. The Bertz CT molecular complexity index is 2980. The van der Waals surface area contributed by atoms with Gasteiger partial charge in [-0.3, -0.25) is 9.97 Å². The fraction of sp³-hybridized carbons (Fsp3) is 0.120. The number of pyridine rings is 2. The van der Waals surface area contributed by atoms with Crippen molar-refractivity contribution in [1.29, 1.82) is 0 Å². The number of hydrogen-bond donors (Lipinski definition) is 0. The first-order valence-electron chi connectivity index (χ1n) is 18.7. The summed E-state index contributed by atoms with van der Waals surface area (Å²) in [5.74, 6) is 0.376. The zero-order valence-electron chi connectivity index (χ0n) is 30.8. The van der Waals surface area contributed by atoms with Crippen LogP contribution in [0.3, 0.4) is 0 Å². The highest BCUT2D eigenvalue weighted by atomic mass is 32.1. The van der Waals surface area contributed by atoms with Crippen LogP contribution >= 0.6 is 22.7 Å². The van der Waals surface area contributed by atoms with Gasteiger partial charge in [0.05, 0.1) is 11.4 Å². The summed E-state index contributed by atoms with van der Waals surface area (Å²) in [6.45, 7) is 8.98. The van der Waals surface area contributed by atoms with Crippen LogP contribution in [0.4, 0.5) is 0 Å². The molecule has 260 valence electrons. The van der Waals surface area contributed by atoms with Crippen molar-refractivity contribution in [2.75, 3.05) is 0 Å². The van der Waals surface area contributed by atoms with E-state index in [2.05, 4.69) is 155 Å². The monoisotopic (exact) mass is 730 g/mol. The molecule has 4 heteroatoms. The fourth-order valence-electron chi connectivity index (χ4n) is 8.59. The second-order valence-electron chi connectivity index (χ2n) is 14.7. The molecule has 0 spiro atoms. The summed E-state index contributed by atoms with van der Waals surface area (Å²) >= 11 is 3.84. The van der Waals surface area contributed by atoms with Gasteiger partial charge in [-0.15, -0.1) is 22.7 Å². The van der Waals surface area contributed by atoms with Gasteiger partial charge in [0.1, 0.15) is 0 Å². The molecule has 10 rings (SSSR count). The summed E-state index contributed by atoms with van der Waals surface area (Å²) in [6, 6.07) is 42.4. The Morgan fingerprint density at radius 3 is 1.85 bits per heavy atom. The number of aromatic nitrogens is 2. The molecule has 0 aliphatic heterocycles. The van der Waals surface area contributed by atoms with Crippen molar-refractivity contribution in [1.82, 2.24) is 9.97 Å². The van der Waals surface area contributed by atoms with Crippen LogP contribution in [0.15, 0.2) is 134 Å². The highest BCUT2D eigenvalue weighted by Gasteiger charge is 2.25. The molecule has 1 aliphatic carbocycles. The molecular weight excluding hydrogens is 693 g/mol. The van der Waals surface area contributed by atoms with E-state index in [1.807, 2.05) is 35.1 Å². The minimum absolute atomic E-state index is 0.376. The Kier molecular flexibility index (Phi) is 7.94. The molecule has 4 aromatic heterocycles. The van der Waals surface area contributed by atoms with Crippen LogP contribution in [0.2, 0.25) is 0 Å². The maximum absolute atomic E-state index is 4.83. The van der Waals surface area contributed by atoms with E-state index in [9.17, 15) is 0 Å². The van der Waals surface area contributed by atoms with Crippen LogP contribution in [0.1, 0.15) is 50.6 Å². The molecular formula is C50H38N2S2. The molecule has 0 amide bonds.